The predicted molar refractivity (Wildman–Crippen MR) is 39.2 cm³/mol. The molecule has 0 aliphatic rings. The van der Waals surface area contributed by atoms with Gasteiger partial charge in [-0.1, -0.05) is 13.8 Å². The van der Waals surface area contributed by atoms with E-state index in [1.165, 1.54) is 0 Å². The highest BCUT2D eigenvalue weighted by Crippen LogP contribution is 2.05. The van der Waals surface area contributed by atoms with Gasteiger partial charge in [0.1, 0.15) is 0 Å². The second kappa shape index (κ2) is 5.23. The molecule has 0 spiro atoms. The predicted octanol–water partition coefficient (Wildman–Crippen LogP) is 1.10. The van der Waals surface area contributed by atoms with E-state index < -0.39 is 0 Å². The Morgan fingerprint density at radius 1 is 1.50 bits per heavy atom. The number of hydroxylamine groups is 1. The Labute approximate surface area is 61.7 Å². The van der Waals surface area contributed by atoms with Crippen molar-refractivity contribution in [1.82, 2.24) is 5.48 Å². The first-order valence-electron chi connectivity index (χ1n) is 3.51. The van der Waals surface area contributed by atoms with Gasteiger partial charge in [-0.2, -0.15) is 0 Å². The quantitative estimate of drug-likeness (QED) is 0.464. The van der Waals surface area contributed by atoms with Gasteiger partial charge in [0.2, 0.25) is 6.41 Å². The second-order valence-corrected chi connectivity index (χ2v) is 2.79. The summed E-state index contributed by atoms with van der Waals surface area (Å²) in [5.41, 5.74) is 2.17. The van der Waals surface area contributed by atoms with Gasteiger partial charge in [-0.3, -0.25) is 9.63 Å². The highest BCUT2D eigenvalue weighted by molar-refractivity contribution is 5.43. The van der Waals surface area contributed by atoms with E-state index in [2.05, 4.69) is 19.3 Å². The lowest BCUT2D eigenvalue weighted by Gasteiger charge is -2.12. The standard InChI is InChI=1S/C7H15NO2/c1-6(2)4-7(3)10-8-5-9/h5-7H,4H2,1-3H3,(H,8,9). The molecule has 0 aliphatic carbocycles. The van der Waals surface area contributed by atoms with Crippen LogP contribution < -0.4 is 5.48 Å². The molecule has 3 heteroatoms. The Balaban J connectivity index is 3.24. The number of nitrogens with one attached hydrogen (secondary N) is 1. The van der Waals surface area contributed by atoms with Crippen LogP contribution in [0.5, 0.6) is 0 Å². The topological polar surface area (TPSA) is 38.3 Å². The van der Waals surface area contributed by atoms with E-state index in [0.29, 0.717) is 12.3 Å². The monoisotopic (exact) mass is 145 g/mol. The van der Waals surface area contributed by atoms with E-state index in [0.717, 1.165) is 6.42 Å². The van der Waals surface area contributed by atoms with Crippen molar-refractivity contribution in [2.75, 3.05) is 0 Å². The summed E-state index contributed by atoms with van der Waals surface area (Å²) in [7, 11) is 0. The Bertz CT molecular complexity index is 93.6. The van der Waals surface area contributed by atoms with Crippen molar-refractivity contribution in [3.63, 3.8) is 0 Å². The number of amides is 1. The Morgan fingerprint density at radius 2 is 2.10 bits per heavy atom. The van der Waals surface area contributed by atoms with Gasteiger partial charge >= 0.3 is 0 Å². The average Bonchev–Trinajstić information content (AvgIpc) is 1.82. The summed E-state index contributed by atoms with van der Waals surface area (Å²) in [5.74, 6) is 0.600. The Hall–Kier alpha value is -0.570. The van der Waals surface area contributed by atoms with Crippen LogP contribution >= 0.6 is 0 Å². The van der Waals surface area contributed by atoms with Crippen molar-refractivity contribution in [2.24, 2.45) is 5.92 Å². The van der Waals surface area contributed by atoms with Gasteiger partial charge in [0.25, 0.3) is 0 Å². The van der Waals surface area contributed by atoms with E-state index in [-0.39, 0.29) is 6.10 Å². The molecule has 0 bridgehead atoms. The molecular weight excluding hydrogens is 130 g/mol. The number of rotatable bonds is 5. The molecule has 3 nitrogen and oxygen atoms in total. The Kier molecular flexibility index (Phi) is 4.94. The van der Waals surface area contributed by atoms with Crippen LogP contribution in [0.4, 0.5) is 0 Å². The molecule has 1 unspecified atom stereocenters. The molecule has 1 atom stereocenters. The molecule has 0 saturated heterocycles. The SMILES string of the molecule is CC(C)CC(C)ONC=O. The van der Waals surface area contributed by atoms with Gasteiger partial charge in [-0.05, 0) is 19.3 Å². The molecule has 1 N–H and O–H groups in total. The molecule has 0 aromatic rings. The highest BCUT2D eigenvalue weighted by atomic mass is 16.7. The van der Waals surface area contributed by atoms with Gasteiger partial charge in [0.05, 0.1) is 6.10 Å². The van der Waals surface area contributed by atoms with E-state index >= 15 is 0 Å². The zero-order chi connectivity index (χ0) is 7.98. The molecule has 0 saturated carbocycles. The fourth-order valence-corrected chi connectivity index (χ4v) is 0.856. The molecule has 0 aromatic heterocycles. The lowest BCUT2D eigenvalue weighted by atomic mass is 10.1. The first kappa shape index (κ1) is 9.43. The van der Waals surface area contributed by atoms with Crippen molar-refractivity contribution in [3.8, 4) is 0 Å². The minimum absolute atomic E-state index is 0.102. The van der Waals surface area contributed by atoms with Crippen molar-refractivity contribution in [2.45, 2.75) is 33.3 Å². The molecule has 0 fully saturated rings. The van der Waals surface area contributed by atoms with Crippen LogP contribution in [-0.2, 0) is 9.63 Å². The fraction of sp³-hybridized carbons (Fsp3) is 0.857. The third-order valence-electron chi connectivity index (χ3n) is 1.12. The first-order chi connectivity index (χ1) is 4.66. The molecule has 60 valence electrons. The molecule has 1 amide bonds. The first-order valence-corrected chi connectivity index (χ1v) is 3.51. The van der Waals surface area contributed by atoms with E-state index in [9.17, 15) is 4.79 Å². The van der Waals surface area contributed by atoms with Crippen LogP contribution in [0.25, 0.3) is 0 Å². The second-order valence-electron chi connectivity index (χ2n) is 2.79. The van der Waals surface area contributed by atoms with Gasteiger partial charge in [0, 0.05) is 0 Å². The third kappa shape index (κ3) is 5.56. The number of carbonyl (C=O) groups is 1. The summed E-state index contributed by atoms with van der Waals surface area (Å²) >= 11 is 0. The molecule has 10 heavy (non-hydrogen) atoms. The average molecular weight is 145 g/mol. The van der Waals surface area contributed by atoms with Gasteiger partial charge in [-0.25, -0.2) is 5.48 Å². The van der Waals surface area contributed by atoms with E-state index in [1.54, 1.807) is 0 Å². The van der Waals surface area contributed by atoms with Crippen LogP contribution in [-0.4, -0.2) is 12.5 Å². The summed E-state index contributed by atoms with van der Waals surface area (Å²) in [4.78, 5) is 14.6. The molecule has 0 heterocycles. The van der Waals surface area contributed by atoms with Crippen molar-refractivity contribution in [3.05, 3.63) is 0 Å². The minimum atomic E-state index is 0.102. The minimum Gasteiger partial charge on any atom is -0.277 e. The molecule has 0 aliphatic heterocycles. The third-order valence-corrected chi connectivity index (χ3v) is 1.12. The Morgan fingerprint density at radius 3 is 2.50 bits per heavy atom. The summed E-state index contributed by atoms with van der Waals surface area (Å²) in [6.07, 6.45) is 1.60. The van der Waals surface area contributed by atoms with Gasteiger partial charge in [-0.15, -0.1) is 0 Å². The van der Waals surface area contributed by atoms with Crippen molar-refractivity contribution < 1.29 is 9.63 Å². The maximum Gasteiger partial charge on any atom is 0.230 e. The number of hydrogen-bond donors (Lipinski definition) is 1. The zero-order valence-corrected chi connectivity index (χ0v) is 6.76. The van der Waals surface area contributed by atoms with Gasteiger partial charge < -0.3 is 0 Å². The van der Waals surface area contributed by atoms with Crippen molar-refractivity contribution in [1.29, 1.82) is 0 Å². The van der Waals surface area contributed by atoms with E-state index in [4.69, 9.17) is 4.84 Å². The summed E-state index contributed by atoms with van der Waals surface area (Å²) < 4.78 is 0. The molecule has 0 rings (SSSR count). The normalized spacial score (nSPS) is 13.2. The summed E-state index contributed by atoms with van der Waals surface area (Å²) in [6, 6.07) is 0. The maximum absolute atomic E-state index is 9.76. The van der Waals surface area contributed by atoms with Crippen molar-refractivity contribution >= 4 is 6.41 Å². The van der Waals surface area contributed by atoms with Crippen LogP contribution in [0.15, 0.2) is 0 Å². The van der Waals surface area contributed by atoms with E-state index in [1.807, 2.05) is 6.92 Å². The van der Waals surface area contributed by atoms with Gasteiger partial charge in [0.15, 0.2) is 0 Å². The highest BCUT2D eigenvalue weighted by Gasteiger charge is 2.03. The van der Waals surface area contributed by atoms with Crippen LogP contribution in [0.1, 0.15) is 27.2 Å². The smallest absolute Gasteiger partial charge is 0.230 e. The van der Waals surface area contributed by atoms with Crippen LogP contribution in [0.3, 0.4) is 0 Å². The maximum atomic E-state index is 9.76. The van der Waals surface area contributed by atoms with Crippen LogP contribution in [0.2, 0.25) is 0 Å². The summed E-state index contributed by atoms with van der Waals surface area (Å²) in [6.45, 7) is 6.15. The zero-order valence-electron chi connectivity index (χ0n) is 6.76. The lowest BCUT2D eigenvalue weighted by molar-refractivity contribution is -0.125. The summed E-state index contributed by atoms with van der Waals surface area (Å²) in [5, 5.41) is 0. The lowest BCUT2D eigenvalue weighted by Crippen LogP contribution is -2.21. The number of carbonyl (C=O) groups excluding carboxylic acids is 1. The largest absolute Gasteiger partial charge is 0.277 e. The number of hydrogen-bond acceptors (Lipinski definition) is 2. The van der Waals surface area contributed by atoms with Crippen LogP contribution in [0, 0.1) is 5.92 Å². The fourth-order valence-electron chi connectivity index (χ4n) is 0.856. The molecule has 0 aromatic carbocycles. The molecule has 0 radical (unpaired) electrons. The molecular formula is C7H15NO2.